The van der Waals surface area contributed by atoms with E-state index >= 15 is 0 Å². The predicted molar refractivity (Wildman–Crippen MR) is 50.4 cm³/mol. The van der Waals surface area contributed by atoms with Gasteiger partial charge in [-0.3, -0.25) is 4.79 Å². The van der Waals surface area contributed by atoms with Crippen LogP contribution < -0.4 is 0 Å². The number of nitrogens with zero attached hydrogens (tertiary/aromatic N) is 2. The summed E-state index contributed by atoms with van der Waals surface area (Å²) < 4.78 is 0. The lowest BCUT2D eigenvalue weighted by atomic mass is 10.4. The van der Waals surface area contributed by atoms with Gasteiger partial charge in [0.15, 0.2) is 0 Å². The SMILES string of the molecule is CCN1CCCN(C(=O)CO)CC1. The van der Waals surface area contributed by atoms with Gasteiger partial charge >= 0.3 is 0 Å². The third-order valence-corrected chi connectivity index (χ3v) is 2.52. The minimum absolute atomic E-state index is 0.141. The Morgan fingerprint density at radius 3 is 2.69 bits per heavy atom. The molecule has 0 aliphatic carbocycles. The first-order valence-corrected chi connectivity index (χ1v) is 4.89. The zero-order chi connectivity index (χ0) is 9.68. The highest BCUT2D eigenvalue weighted by Crippen LogP contribution is 2.02. The second-order valence-electron chi connectivity index (χ2n) is 3.33. The first-order valence-electron chi connectivity index (χ1n) is 4.89. The van der Waals surface area contributed by atoms with Gasteiger partial charge in [0, 0.05) is 19.6 Å². The minimum atomic E-state index is -0.355. The zero-order valence-electron chi connectivity index (χ0n) is 8.20. The van der Waals surface area contributed by atoms with Gasteiger partial charge in [0.05, 0.1) is 0 Å². The lowest BCUT2D eigenvalue weighted by molar-refractivity contribution is -0.134. The van der Waals surface area contributed by atoms with Crippen LogP contribution in [0.5, 0.6) is 0 Å². The van der Waals surface area contributed by atoms with Crippen LogP contribution in [0.15, 0.2) is 0 Å². The van der Waals surface area contributed by atoms with Crippen molar-refractivity contribution in [1.29, 1.82) is 0 Å². The van der Waals surface area contributed by atoms with Crippen molar-refractivity contribution in [2.24, 2.45) is 0 Å². The maximum Gasteiger partial charge on any atom is 0.248 e. The van der Waals surface area contributed by atoms with Gasteiger partial charge in [-0.1, -0.05) is 6.92 Å². The number of carbonyl (C=O) groups is 1. The summed E-state index contributed by atoms with van der Waals surface area (Å²) in [4.78, 5) is 15.2. The highest BCUT2D eigenvalue weighted by Gasteiger charge is 2.16. The van der Waals surface area contributed by atoms with Gasteiger partial charge in [0.2, 0.25) is 5.91 Å². The van der Waals surface area contributed by atoms with Gasteiger partial charge in [-0.05, 0) is 19.5 Å². The molecule has 0 aromatic carbocycles. The van der Waals surface area contributed by atoms with Gasteiger partial charge in [0.1, 0.15) is 6.61 Å². The summed E-state index contributed by atoms with van der Waals surface area (Å²) in [5.74, 6) is -0.141. The van der Waals surface area contributed by atoms with E-state index in [2.05, 4.69) is 11.8 Å². The highest BCUT2D eigenvalue weighted by molar-refractivity contribution is 5.77. The van der Waals surface area contributed by atoms with E-state index in [1.165, 1.54) is 0 Å². The summed E-state index contributed by atoms with van der Waals surface area (Å²) in [5, 5.41) is 8.70. The van der Waals surface area contributed by atoms with E-state index in [9.17, 15) is 4.79 Å². The number of hydrogen-bond donors (Lipinski definition) is 1. The number of amides is 1. The number of carbonyl (C=O) groups excluding carboxylic acids is 1. The highest BCUT2D eigenvalue weighted by atomic mass is 16.3. The van der Waals surface area contributed by atoms with Gasteiger partial charge in [0.25, 0.3) is 0 Å². The Balaban J connectivity index is 2.40. The molecule has 0 bridgehead atoms. The predicted octanol–water partition coefficient (Wildman–Crippen LogP) is -0.467. The molecule has 1 N–H and O–H groups in total. The van der Waals surface area contributed by atoms with Crippen LogP contribution in [-0.2, 0) is 4.79 Å². The van der Waals surface area contributed by atoms with E-state index in [0.717, 1.165) is 39.1 Å². The molecular weight excluding hydrogens is 168 g/mol. The summed E-state index contributed by atoms with van der Waals surface area (Å²) in [7, 11) is 0. The molecule has 0 aromatic rings. The second kappa shape index (κ2) is 5.19. The van der Waals surface area contributed by atoms with Crippen molar-refractivity contribution in [1.82, 2.24) is 9.80 Å². The van der Waals surface area contributed by atoms with Crippen LogP contribution >= 0.6 is 0 Å². The monoisotopic (exact) mass is 186 g/mol. The fourth-order valence-electron chi connectivity index (χ4n) is 1.64. The Morgan fingerprint density at radius 1 is 1.31 bits per heavy atom. The Labute approximate surface area is 79.1 Å². The van der Waals surface area contributed by atoms with Crippen molar-refractivity contribution in [3.63, 3.8) is 0 Å². The molecule has 1 aliphatic heterocycles. The van der Waals surface area contributed by atoms with Crippen molar-refractivity contribution in [2.45, 2.75) is 13.3 Å². The Hall–Kier alpha value is -0.610. The molecular formula is C9H18N2O2. The molecule has 0 unspecified atom stereocenters. The van der Waals surface area contributed by atoms with Crippen molar-refractivity contribution in [3.8, 4) is 0 Å². The molecule has 0 atom stereocenters. The largest absolute Gasteiger partial charge is 0.387 e. The molecule has 13 heavy (non-hydrogen) atoms. The van der Waals surface area contributed by atoms with Crippen LogP contribution in [-0.4, -0.2) is 60.1 Å². The molecule has 4 heteroatoms. The van der Waals surface area contributed by atoms with E-state index in [1.54, 1.807) is 4.90 Å². The third-order valence-electron chi connectivity index (χ3n) is 2.52. The number of likely N-dealkylation sites (N-methyl/N-ethyl adjacent to an activating group) is 1. The third kappa shape index (κ3) is 2.97. The van der Waals surface area contributed by atoms with Gasteiger partial charge in [-0.2, -0.15) is 0 Å². The van der Waals surface area contributed by atoms with E-state index in [0.29, 0.717) is 0 Å². The van der Waals surface area contributed by atoms with Crippen molar-refractivity contribution >= 4 is 5.91 Å². The molecule has 0 radical (unpaired) electrons. The molecule has 1 rings (SSSR count). The first-order chi connectivity index (χ1) is 6.27. The van der Waals surface area contributed by atoms with Crippen LogP contribution in [0.25, 0.3) is 0 Å². The Morgan fingerprint density at radius 2 is 2.08 bits per heavy atom. The van der Waals surface area contributed by atoms with Crippen molar-refractivity contribution in [2.75, 3.05) is 39.3 Å². The first kappa shape index (κ1) is 10.5. The minimum Gasteiger partial charge on any atom is -0.387 e. The van der Waals surface area contributed by atoms with Crippen molar-refractivity contribution in [3.05, 3.63) is 0 Å². The summed E-state index contributed by atoms with van der Waals surface area (Å²) in [5.41, 5.74) is 0. The maximum absolute atomic E-state index is 11.2. The quantitative estimate of drug-likeness (QED) is 0.634. The molecule has 1 aliphatic rings. The Kier molecular flexibility index (Phi) is 4.18. The van der Waals surface area contributed by atoms with Crippen LogP contribution in [0.3, 0.4) is 0 Å². The van der Waals surface area contributed by atoms with Gasteiger partial charge < -0.3 is 14.9 Å². The second-order valence-corrected chi connectivity index (χ2v) is 3.33. The molecule has 1 fully saturated rings. The number of aliphatic hydroxyl groups excluding tert-OH is 1. The normalized spacial score (nSPS) is 20.0. The van der Waals surface area contributed by atoms with Gasteiger partial charge in [-0.15, -0.1) is 0 Å². The molecule has 1 amide bonds. The lowest BCUT2D eigenvalue weighted by Gasteiger charge is -2.20. The van der Waals surface area contributed by atoms with Crippen LogP contribution in [0.2, 0.25) is 0 Å². The summed E-state index contributed by atoms with van der Waals surface area (Å²) >= 11 is 0. The number of aliphatic hydroxyl groups is 1. The van der Waals surface area contributed by atoms with E-state index in [1.807, 2.05) is 0 Å². The average molecular weight is 186 g/mol. The Bertz CT molecular complexity index is 173. The number of rotatable bonds is 2. The number of hydrogen-bond acceptors (Lipinski definition) is 3. The fraction of sp³-hybridized carbons (Fsp3) is 0.889. The maximum atomic E-state index is 11.2. The van der Waals surface area contributed by atoms with Crippen molar-refractivity contribution < 1.29 is 9.90 Å². The molecule has 1 saturated heterocycles. The average Bonchev–Trinajstić information content (AvgIpc) is 2.41. The smallest absolute Gasteiger partial charge is 0.248 e. The lowest BCUT2D eigenvalue weighted by Crippen LogP contribution is -2.36. The zero-order valence-corrected chi connectivity index (χ0v) is 8.20. The summed E-state index contributed by atoms with van der Waals surface area (Å²) in [6.45, 7) is 6.36. The fourth-order valence-corrected chi connectivity index (χ4v) is 1.64. The van der Waals surface area contributed by atoms with Gasteiger partial charge in [-0.25, -0.2) is 0 Å². The molecule has 76 valence electrons. The van der Waals surface area contributed by atoms with Crippen LogP contribution in [0, 0.1) is 0 Å². The van der Waals surface area contributed by atoms with Crippen LogP contribution in [0.4, 0.5) is 0 Å². The summed E-state index contributed by atoms with van der Waals surface area (Å²) in [6.07, 6.45) is 1.01. The molecule has 0 spiro atoms. The van der Waals surface area contributed by atoms with E-state index < -0.39 is 0 Å². The molecule has 4 nitrogen and oxygen atoms in total. The molecule has 0 aromatic heterocycles. The molecule has 1 heterocycles. The topological polar surface area (TPSA) is 43.8 Å². The van der Waals surface area contributed by atoms with Crippen LogP contribution in [0.1, 0.15) is 13.3 Å². The standard InChI is InChI=1S/C9H18N2O2/c1-2-10-4-3-5-11(7-6-10)9(13)8-12/h12H,2-8H2,1H3. The van der Waals surface area contributed by atoms with E-state index in [4.69, 9.17) is 5.11 Å². The molecule has 0 saturated carbocycles. The summed E-state index contributed by atoms with van der Waals surface area (Å²) in [6, 6.07) is 0. The van der Waals surface area contributed by atoms with E-state index in [-0.39, 0.29) is 12.5 Å².